The van der Waals surface area contributed by atoms with E-state index in [9.17, 15) is 19.8 Å². The SMILES string of the molecule is Cc1cc2[nH]c(C(=O)N[C@@H](Cc3ccccc3)C(=O)N3C[C@@H](O)[C@@H](O)C3)cc2s1. The Morgan fingerprint density at radius 1 is 1.21 bits per heavy atom. The second kappa shape index (κ2) is 7.98. The number of rotatable bonds is 5. The molecule has 1 saturated heterocycles. The molecule has 1 aliphatic rings. The highest BCUT2D eigenvalue weighted by Gasteiger charge is 2.36. The number of aliphatic hydroxyl groups excluding tert-OH is 2. The topological polar surface area (TPSA) is 106 Å². The molecule has 152 valence electrons. The second-order valence-corrected chi connectivity index (χ2v) is 8.70. The van der Waals surface area contributed by atoms with Crippen LogP contribution in [0.1, 0.15) is 20.9 Å². The van der Waals surface area contributed by atoms with Crippen LogP contribution in [0.2, 0.25) is 0 Å². The van der Waals surface area contributed by atoms with Gasteiger partial charge in [-0.3, -0.25) is 9.59 Å². The van der Waals surface area contributed by atoms with Crippen LogP contribution in [0.4, 0.5) is 0 Å². The van der Waals surface area contributed by atoms with Crippen LogP contribution < -0.4 is 5.32 Å². The number of thiophene rings is 1. The zero-order valence-corrected chi connectivity index (χ0v) is 16.8. The Kier molecular flexibility index (Phi) is 5.40. The van der Waals surface area contributed by atoms with Crippen LogP contribution in [0.3, 0.4) is 0 Å². The lowest BCUT2D eigenvalue weighted by atomic mass is 10.0. The van der Waals surface area contributed by atoms with E-state index in [1.165, 1.54) is 4.90 Å². The van der Waals surface area contributed by atoms with Crippen LogP contribution in [0, 0.1) is 6.92 Å². The number of hydrogen-bond donors (Lipinski definition) is 4. The van der Waals surface area contributed by atoms with Crippen LogP contribution >= 0.6 is 11.3 Å². The highest BCUT2D eigenvalue weighted by Crippen LogP contribution is 2.25. The van der Waals surface area contributed by atoms with E-state index in [0.717, 1.165) is 20.7 Å². The average molecular weight is 413 g/mol. The fourth-order valence-corrected chi connectivity index (χ4v) is 4.55. The van der Waals surface area contributed by atoms with E-state index in [0.29, 0.717) is 12.1 Å². The Hall–Kier alpha value is -2.68. The van der Waals surface area contributed by atoms with Gasteiger partial charge < -0.3 is 25.4 Å². The summed E-state index contributed by atoms with van der Waals surface area (Å²) in [7, 11) is 0. The average Bonchev–Trinajstić information content (AvgIpc) is 3.34. The van der Waals surface area contributed by atoms with Gasteiger partial charge in [-0.15, -0.1) is 11.3 Å². The zero-order chi connectivity index (χ0) is 20.5. The third-order valence-corrected chi connectivity index (χ3v) is 6.13. The molecule has 7 nitrogen and oxygen atoms in total. The summed E-state index contributed by atoms with van der Waals surface area (Å²) in [5.41, 5.74) is 2.21. The number of aryl methyl sites for hydroxylation is 1. The van der Waals surface area contributed by atoms with E-state index >= 15 is 0 Å². The maximum Gasteiger partial charge on any atom is 0.268 e. The molecule has 1 aromatic carbocycles. The number of H-pyrrole nitrogens is 1. The van der Waals surface area contributed by atoms with E-state index in [1.807, 2.05) is 43.3 Å². The van der Waals surface area contributed by atoms with E-state index in [-0.39, 0.29) is 24.9 Å². The van der Waals surface area contributed by atoms with Gasteiger partial charge in [0.1, 0.15) is 11.7 Å². The number of β-amino-alcohol motifs (C(OH)–C–C–N with tert-alkyl or cyclic N) is 2. The van der Waals surface area contributed by atoms with Crippen molar-refractivity contribution >= 4 is 33.4 Å². The molecule has 0 spiro atoms. The minimum atomic E-state index is -0.967. The predicted octanol–water partition coefficient (Wildman–Crippen LogP) is 1.44. The Morgan fingerprint density at radius 3 is 2.55 bits per heavy atom. The van der Waals surface area contributed by atoms with Crippen molar-refractivity contribution in [1.29, 1.82) is 0 Å². The Morgan fingerprint density at radius 2 is 1.90 bits per heavy atom. The molecular weight excluding hydrogens is 390 g/mol. The van der Waals surface area contributed by atoms with Crippen molar-refractivity contribution in [3.63, 3.8) is 0 Å². The maximum atomic E-state index is 13.1. The number of hydrogen-bond acceptors (Lipinski definition) is 5. The molecule has 1 aliphatic heterocycles. The van der Waals surface area contributed by atoms with Crippen LogP contribution in [0.15, 0.2) is 42.5 Å². The van der Waals surface area contributed by atoms with Crippen LogP contribution in [-0.4, -0.2) is 63.3 Å². The number of aliphatic hydroxyl groups is 2. The summed E-state index contributed by atoms with van der Waals surface area (Å²) in [5.74, 6) is -0.678. The quantitative estimate of drug-likeness (QED) is 0.508. The number of likely N-dealkylation sites (tertiary alicyclic amines) is 1. The number of fused-ring (bicyclic) bond motifs is 1. The van der Waals surface area contributed by atoms with Gasteiger partial charge in [-0.05, 0) is 24.6 Å². The molecule has 29 heavy (non-hydrogen) atoms. The molecule has 3 aromatic rings. The number of benzene rings is 1. The summed E-state index contributed by atoms with van der Waals surface area (Å²) in [4.78, 5) is 31.6. The van der Waals surface area contributed by atoms with Crippen molar-refractivity contribution in [2.24, 2.45) is 0 Å². The van der Waals surface area contributed by atoms with Gasteiger partial charge in [0.2, 0.25) is 5.91 Å². The van der Waals surface area contributed by atoms with Gasteiger partial charge in [0.05, 0.1) is 22.4 Å². The summed E-state index contributed by atoms with van der Waals surface area (Å²) in [6.07, 6.45) is -1.61. The molecule has 0 radical (unpaired) electrons. The van der Waals surface area contributed by atoms with Gasteiger partial charge in [0.25, 0.3) is 5.91 Å². The van der Waals surface area contributed by atoms with E-state index in [1.54, 1.807) is 17.4 Å². The first kappa shape index (κ1) is 19.6. The highest BCUT2D eigenvalue weighted by molar-refractivity contribution is 7.19. The van der Waals surface area contributed by atoms with Crippen LogP contribution in [0.25, 0.3) is 10.2 Å². The first-order chi connectivity index (χ1) is 13.9. The van der Waals surface area contributed by atoms with Crippen LogP contribution in [0.5, 0.6) is 0 Å². The van der Waals surface area contributed by atoms with Crippen molar-refractivity contribution in [1.82, 2.24) is 15.2 Å². The number of aromatic nitrogens is 1. The number of nitrogens with one attached hydrogen (secondary N) is 2. The molecule has 4 rings (SSSR count). The van der Waals surface area contributed by atoms with Gasteiger partial charge in [-0.1, -0.05) is 30.3 Å². The molecule has 1 fully saturated rings. The number of nitrogens with zero attached hydrogens (tertiary/aromatic N) is 1. The smallest absolute Gasteiger partial charge is 0.268 e. The summed E-state index contributed by atoms with van der Waals surface area (Å²) in [5, 5.41) is 22.4. The first-order valence-corrected chi connectivity index (χ1v) is 10.3. The van der Waals surface area contributed by atoms with Crippen molar-refractivity contribution in [3.05, 3.63) is 58.6 Å². The molecular formula is C21H23N3O4S. The molecule has 0 unspecified atom stereocenters. The Bertz CT molecular complexity index is 988. The highest BCUT2D eigenvalue weighted by atomic mass is 32.1. The maximum absolute atomic E-state index is 13.1. The lowest BCUT2D eigenvalue weighted by Gasteiger charge is -2.24. The Balaban J connectivity index is 1.54. The van der Waals surface area contributed by atoms with Gasteiger partial charge in [-0.2, -0.15) is 0 Å². The minimum Gasteiger partial charge on any atom is -0.388 e. The molecule has 2 amide bonds. The van der Waals surface area contributed by atoms with Gasteiger partial charge >= 0.3 is 0 Å². The number of carbonyl (C=O) groups excluding carboxylic acids is 2. The van der Waals surface area contributed by atoms with E-state index in [4.69, 9.17) is 0 Å². The fraction of sp³-hybridized carbons (Fsp3) is 0.333. The standard InChI is InChI=1S/C21H23N3O4S/c1-12-7-14-19(29-12)9-15(22-14)20(27)23-16(8-13-5-3-2-4-6-13)21(28)24-10-17(25)18(26)11-24/h2-7,9,16-18,22,25-26H,8,10-11H2,1H3,(H,23,27)/t16-,17-,18+/m0/s1. The van der Waals surface area contributed by atoms with Gasteiger partial charge in [-0.25, -0.2) is 0 Å². The lowest BCUT2D eigenvalue weighted by Crippen LogP contribution is -2.49. The molecule has 3 atom stereocenters. The third-order valence-electron chi connectivity index (χ3n) is 5.13. The van der Waals surface area contributed by atoms with Gasteiger partial charge in [0, 0.05) is 24.4 Å². The third kappa shape index (κ3) is 4.19. The predicted molar refractivity (Wildman–Crippen MR) is 111 cm³/mol. The molecule has 0 saturated carbocycles. The van der Waals surface area contributed by atoms with Crippen molar-refractivity contribution in [2.75, 3.05) is 13.1 Å². The normalized spacial score (nSPS) is 20.2. The minimum absolute atomic E-state index is 0.0542. The molecule has 4 N–H and O–H groups in total. The zero-order valence-electron chi connectivity index (χ0n) is 16.0. The number of aromatic amines is 1. The molecule has 0 bridgehead atoms. The largest absolute Gasteiger partial charge is 0.388 e. The Labute approximate surface area is 172 Å². The summed E-state index contributed by atoms with van der Waals surface area (Å²) in [6, 6.07) is 12.4. The van der Waals surface area contributed by atoms with Crippen molar-refractivity contribution in [2.45, 2.75) is 31.6 Å². The molecule has 8 heteroatoms. The van der Waals surface area contributed by atoms with Crippen molar-refractivity contribution < 1.29 is 19.8 Å². The first-order valence-electron chi connectivity index (χ1n) is 9.49. The number of amides is 2. The molecule has 0 aliphatic carbocycles. The van der Waals surface area contributed by atoms with Crippen LogP contribution in [-0.2, 0) is 11.2 Å². The second-order valence-electron chi connectivity index (χ2n) is 7.41. The van der Waals surface area contributed by atoms with E-state index in [2.05, 4.69) is 10.3 Å². The molecule has 2 aromatic heterocycles. The van der Waals surface area contributed by atoms with Crippen molar-refractivity contribution in [3.8, 4) is 0 Å². The number of carbonyl (C=O) groups is 2. The lowest BCUT2D eigenvalue weighted by molar-refractivity contribution is -0.132. The molecule has 3 heterocycles. The summed E-state index contributed by atoms with van der Waals surface area (Å²) >= 11 is 1.60. The van der Waals surface area contributed by atoms with E-state index < -0.39 is 18.2 Å². The fourth-order valence-electron chi connectivity index (χ4n) is 3.63. The summed E-state index contributed by atoms with van der Waals surface area (Å²) < 4.78 is 0.990. The monoisotopic (exact) mass is 413 g/mol. The summed E-state index contributed by atoms with van der Waals surface area (Å²) in [6.45, 7) is 2.11. The van der Waals surface area contributed by atoms with Gasteiger partial charge in [0.15, 0.2) is 0 Å².